The standard InChI is InChI=1S/C24H26F2N4O6/c25-18-4-3-16(12-17(18)23(33)29-5-8-35-9-6-29)30-7-10-36-21(24(30)34)20(31)22(32)28-15-2-1-14(13-27)19(26)11-15/h1-4,11-12,20-21,31H,5-10,13,27H2,(H,28,32)/t20-,21-/m1/s1. The number of ether oxygens (including phenoxy) is 2. The number of rotatable bonds is 6. The van der Waals surface area contributed by atoms with Crippen LogP contribution in [0.1, 0.15) is 15.9 Å². The summed E-state index contributed by atoms with van der Waals surface area (Å²) in [5, 5.41) is 12.9. The Morgan fingerprint density at radius 3 is 2.53 bits per heavy atom. The summed E-state index contributed by atoms with van der Waals surface area (Å²) in [6, 6.07) is 7.54. The number of carbonyl (C=O) groups excluding carboxylic acids is 3. The highest BCUT2D eigenvalue weighted by atomic mass is 19.1. The minimum absolute atomic E-state index is 0.0217. The van der Waals surface area contributed by atoms with Gasteiger partial charge >= 0.3 is 0 Å². The van der Waals surface area contributed by atoms with E-state index in [4.69, 9.17) is 15.2 Å². The van der Waals surface area contributed by atoms with Crippen molar-refractivity contribution in [1.29, 1.82) is 0 Å². The van der Waals surface area contributed by atoms with Crippen LogP contribution < -0.4 is 16.0 Å². The van der Waals surface area contributed by atoms with Crippen molar-refractivity contribution in [3.8, 4) is 0 Å². The Hall–Kier alpha value is -3.45. The van der Waals surface area contributed by atoms with E-state index >= 15 is 0 Å². The van der Waals surface area contributed by atoms with E-state index < -0.39 is 41.6 Å². The normalized spacial score (nSPS) is 19.2. The van der Waals surface area contributed by atoms with E-state index in [0.29, 0.717) is 26.3 Å². The molecule has 12 heteroatoms. The van der Waals surface area contributed by atoms with Crippen molar-refractivity contribution in [2.24, 2.45) is 5.73 Å². The number of anilines is 2. The number of benzene rings is 2. The molecule has 0 saturated carbocycles. The Morgan fingerprint density at radius 1 is 1.08 bits per heavy atom. The van der Waals surface area contributed by atoms with E-state index in [2.05, 4.69) is 5.32 Å². The van der Waals surface area contributed by atoms with Gasteiger partial charge in [-0.3, -0.25) is 14.4 Å². The second-order valence-corrected chi connectivity index (χ2v) is 8.29. The zero-order chi connectivity index (χ0) is 25.8. The van der Waals surface area contributed by atoms with E-state index in [1.54, 1.807) is 0 Å². The minimum Gasteiger partial charge on any atom is -0.380 e. The quantitative estimate of drug-likeness (QED) is 0.525. The predicted molar refractivity (Wildman–Crippen MR) is 124 cm³/mol. The smallest absolute Gasteiger partial charge is 0.259 e. The first-order valence-corrected chi connectivity index (χ1v) is 11.4. The van der Waals surface area contributed by atoms with Gasteiger partial charge in [-0.25, -0.2) is 8.78 Å². The van der Waals surface area contributed by atoms with Crippen LogP contribution >= 0.6 is 0 Å². The fourth-order valence-corrected chi connectivity index (χ4v) is 4.01. The third-order valence-corrected chi connectivity index (χ3v) is 6.01. The molecule has 2 aromatic carbocycles. The fraction of sp³-hybridized carbons (Fsp3) is 0.375. The Labute approximate surface area is 205 Å². The summed E-state index contributed by atoms with van der Waals surface area (Å²) in [6.45, 7) is 1.35. The van der Waals surface area contributed by atoms with Crippen LogP contribution in [0.5, 0.6) is 0 Å². The number of halogens is 2. The number of amides is 3. The van der Waals surface area contributed by atoms with Crippen LogP contribution in [0.25, 0.3) is 0 Å². The second kappa shape index (κ2) is 11.1. The van der Waals surface area contributed by atoms with Gasteiger partial charge in [0.2, 0.25) is 0 Å². The number of aliphatic hydroxyl groups is 1. The molecule has 2 aromatic rings. The lowest BCUT2D eigenvalue weighted by Crippen LogP contribution is -2.55. The number of nitrogens with one attached hydrogen (secondary N) is 1. The topological polar surface area (TPSA) is 134 Å². The molecule has 4 rings (SSSR count). The molecule has 2 saturated heterocycles. The van der Waals surface area contributed by atoms with E-state index in [0.717, 1.165) is 12.1 Å². The van der Waals surface area contributed by atoms with Crippen molar-refractivity contribution in [3.63, 3.8) is 0 Å². The van der Waals surface area contributed by atoms with Crippen molar-refractivity contribution in [2.75, 3.05) is 49.7 Å². The zero-order valence-electron chi connectivity index (χ0n) is 19.3. The SMILES string of the molecule is NCc1ccc(NC(=O)[C@H](O)[C@H]2OCCN(c3ccc(F)c(C(=O)N4CCOCC4)c3)C2=O)cc1F. The van der Waals surface area contributed by atoms with Crippen molar-refractivity contribution < 1.29 is 37.7 Å². The van der Waals surface area contributed by atoms with E-state index in [-0.39, 0.29) is 42.2 Å². The van der Waals surface area contributed by atoms with Crippen LogP contribution in [-0.2, 0) is 25.6 Å². The Balaban J connectivity index is 1.48. The van der Waals surface area contributed by atoms with E-state index in [1.165, 1.54) is 34.1 Å². The summed E-state index contributed by atoms with van der Waals surface area (Å²) in [7, 11) is 0. The van der Waals surface area contributed by atoms with Crippen LogP contribution in [0.3, 0.4) is 0 Å². The van der Waals surface area contributed by atoms with Gasteiger partial charge in [0.25, 0.3) is 17.7 Å². The largest absolute Gasteiger partial charge is 0.380 e. The number of morpholine rings is 2. The number of hydrogen-bond donors (Lipinski definition) is 3. The van der Waals surface area contributed by atoms with Gasteiger partial charge in [-0.15, -0.1) is 0 Å². The molecule has 2 aliphatic heterocycles. The third kappa shape index (κ3) is 5.36. The lowest BCUT2D eigenvalue weighted by Gasteiger charge is -2.34. The third-order valence-electron chi connectivity index (χ3n) is 6.01. The molecule has 36 heavy (non-hydrogen) atoms. The van der Waals surface area contributed by atoms with Crippen LogP contribution in [0.2, 0.25) is 0 Å². The van der Waals surface area contributed by atoms with Crippen molar-refractivity contribution >= 4 is 29.1 Å². The summed E-state index contributed by atoms with van der Waals surface area (Å²) >= 11 is 0. The first-order valence-electron chi connectivity index (χ1n) is 11.4. The molecule has 0 bridgehead atoms. The molecule has 0 radical (unpaired) electrons. The number of nitrogens with two attached hydrogens (primary N) is 1. The number of aliphatic hydroxyl groups excluding tert-OH is 1. The molecule has 2 fully saturated rings. The van der Waals surface area contributed by atoms with Gasteiger partial charge in [0.05, 0.1) is 25.4 Å². The Morgan fingerprint density at radius 2 is 1.83 bits per heavy atom. The van der Waals surface area contributed by atoms with Crippen molar-refractivity contribution in [1.82, 2.24) is 4.90 Å². The predicted octanol–water partition coefficient (Wildman–Crippen LogP) is 0.627. The summed E-state index contributed by atoms with van der Waals surface area (Å²) < 4.78 is 39.0. The van der Waals surface area contributed by atoms with Crippen LogP contribution in [0, 0.1) is 11.6 Å². The molecule has 192 valence electrons. The molecule has 4 N–H and O–H groups in total. The number of nitrogens with zero attached hydrogens (tertiary/aromatic N) is 2. The maximum Gasteiger partial charge on any atom is 0.259 e. The summed E-state index contributed by atoms with van der Waals surface area (Å²) in [5.74, 6) is -3.61. The first kappa shape index (κ1) is 25.6. The first-order chi connectivity index (χ1) is 17.3. The molecule has 2 aliphatic rings. The average Bonchev–Trinajstić information content (AvgIpc) is 2.89. The molecular formula is C24H26F2N4O6. The van der Waals surface area contributed by atoms with Gasteiger partial charge in [-0.2, -0.15) is 0 Å². The molecular weight excluding hydrogens is 478 g/mol. The Bertz CT molecular complexity index is 1160. The molecule has 0 aromatic heterocycles. The van der Waals surface area contributed by atoms with E-state index in [1.807, 2.05) is 0 Å². The van der Waals surface area contributed by atoms with Gasteiger partial charge in [-0.1, -0.05) is 6.07 Å². The van der Waals surface area contributed by atoms with Crippen LogP contribution in [0.15, 0.2) is 36.4 Å². The molecule has 2 atom stereocenters. The zero-order valence-corrected chi connectivity index (χ0v) is 19.3. The van der Waals surface area contributed by atoms with Gasteiger partial charge in [0.15, 0.2) is 12.2 Å². The van der Waals surface area contributed by atoms with Gasteiger partial charge in [0.1, 0.15) is 11.6 Å². The van der Waals surface area contributed by atoms with Crippen molar-refractivity contribution in [2.45, 2.75) is 18.8 Å². The number of hydrogen-bond acceptors (Lipinski definition) is 7. The monoisotopic (exact) mass is 504 g/mol. The van der Waals surface area contributed by atoms with E-state index in [9.17, 15) is 28.3 Å². The molecule has 0 spiro atoms. The molecule has 0 unspecified atom stereocenters. The highest BCUT2D eigenvalue weighted by Crippen LogP contribution is 2.25. The lowest BCUT2D eigenvalue weighted by molar-refractivity contribution is -0.150. The fourth-order valence-electron chi connectivity index (χ4n) is 4.01. The van der Waals surface area contributed by atoms with Crippen molar-refractivity contribution in [3.05, 3.63) is 59.2 Å². The van der Waals surface area contributed by atoms with Crippen LogP contribution in [-0.4, -0.2) is 79.4 Å². The lowest BCUT2D eigenvalue weighted by atomic mass is 10.1. The maximum atomic E-state index is 14.5. The highest BCUT2D eigenvalue weighted by molar-refractivity contribution is 6.04. The van der Waals surface area contributed by atoms with Crippen LogP contribution in [0.4, 0.5) is 20.2 Å². The molecule has 0 aliphatic carbocycles. The molecule has 3 amide bonds. The average molecular weight is 504 g/mol. The maximum absolute atomic E-state index is 14.5. The molecule has 10 nitrogen and oxygen atoms in total. The minimum atomic E-state index is -1.91. The number of carbonyl (C=O) groups is 3. The molecule has 2 heterocycles. The van der Waals surface area contributed by atoms with Gasteiger partial charge < -0.3 is 35.4 Å². The van der Waals surface area contributed by atoms with Gasteiger partial charge in [0, 0.05) is 43.1 Å². The second-order valence-electron chi connectivity index (χ2n) is 8.29. The highest BCUT2D eigenvalue weighted by Gasteiger charge is 2.39. The summed E-state index contributed by atoms with van der Waals surface area (Å²) in [5.41, 5.74) is 5.76. The summed E-state index contributed by atoms with van der Waals surface area (Å²) in [6.07, 6.45) is -3.47. The van der Waals surface area contributed by atoms with Gasteiger partial charge in [-0.05, 0) is 30.3 Å². The summed E-state index contributed by atoms with van der Waals surface area (Å²) in [4.78, 5) is 41.2. The Kier molecular flexibility index (Phi) is 7.89.